The molecule has 1 aromatic carbocycles. The van der Waals surface area contributed by atoms with Gasteiger partial charge < -0.3 is 5.32 Å². The van der Waals surface area contributed by atoms with Crippen LogP contribution in [0.25, 0.3) is 0 Å². The van der Waals surface area contributed by atoms with Gasteiger partial charge in [0, 0.05) is 18.2 Å². The molecule has 0 aliphatic carbocycles. The van der Waals surface area contributed by atoms with E-state index in [1.54, 1.807) is 18.2 Å². The molecule has 80 valence electrons. The van der Waals surface area contributed by atoms with E-state index in [0.29, 0.717) is 16.3 Å². The van der Waals surface area contributed by atoms with Crippen molar-refractivity contribution in [1.82, 2.24) is 0 Å². The van der Waals surface area contributed by atoms with Gasteiger partial charge in [-0.15, -0.1) is 0 Å². The highest BCUT2D eigenvalue weighted by molar-refractivity contribution is 9.09. The molecule has 5 heteroatoms. The summed E-state index contributed by atoms with van der Waals surface area (Å²) in [5, 5.41) is 3.15. The molecule has 0 aromatic heterocycles. The van der Waals surface area contributed by atoms with Crippen LogP contribution in [-0.4, -0.2) is 17.0 Å². The van der Waals surface area contributed by atoms with Crippen LogP contribution >= 0.6 is 27.5 Å². The fourth-order valence-corrected chi connectivity index (χ4v) is 1.68. The van der Waals surface area contributed by atoms with Gasteiger partial charge in [-0.3, -0.25) is 9.59 Å². The van der Waals surface area contributed by atoms with Crippen LogP contribution in [0.15, 0.2) is 18.2 Å². The summed E-state index contributed by atoms with van der Waals surface area (Å²) in [4.78, 5) is 22.1. The summed E-state index contributed by atoms with van der Waals surface area (Å²) < 4.78 is 0. The van der Waals surface area contributed by atoms with Crippen LogP contribution in [0.3, 0.4) is 0 Å². The van der Waals surface area contributed by atoms with E-state index in [1.165, 1.54) is 6.92 Å². The lowest BCUT2D eigenvalue weighted by atomic mass is 10.1. The first-order chi connectivity index (χ1) is 7.04. The van der Waals surface area contributed by atoms with Crippen molar-refractivity contribution in [2.24, 2.45) is 0 Å². The van der Waals surface area contributed by atoms with E-state index in [2.05, 4.69) is 21.2 Å². The van der Waals surface area contributed by atoms with Gasteiger partial charge in [0.2, 0.25) is 5.91 Å². The molecule has 0 unspecified atom stereocenters. The molecular formula is C10H9BrClNO2. The van der Waals surface area contributed by atoms with Crippen LogP contribution in [0.5, 0.6) is 0 Å². The zero-order chi connectivity index (χ0) is 11.4. The second kappa shape index (κ2) is 5.28. The largest absolute Gasteiger partial charge is 0.326 e. The van der Waals surface area contributed by atoms with E-state index in [-0.39, 0.29) is 17.0 Å². The zero-order valence-corrected chi connectivity index (χ0v) is 10.4. The molecule has 0 heterocycles. The summed E-state index contributed by atoms with van der Waals surface area (Å²) in [6.45, 7) is 1.41. The van der Waals surface area contributed by atoms with Crippen molar-refractivity contribution in [1.29, 1.82) is 0 Å². The number of halogens is 2. The number of hydrogen-bond donors (Lipinski definition) is 1. The molecule has 0 fully saturated rings. The molecular weight excluding hydrogens is 281 g/mol. The standard InChI is InChI=1S/C10H9BrClNO2/c1-6(14)13-7-2-3-8(9(12)4-7)10(15)5-11/h2-4H,5H2,1H3,(H,13,14). The van der Waals surface area contributed by atoms with E-state index in [9.17, 15) is 9.59 Å². The van der Waals surface area contributed by atoms with Gasteiger partial charge >= 0.3 is 0 Å². The van der Waals surface area contributed by atoms with Gasteiger partial charge in [0.25, 0.3) is 0 Å². The zero-order valence-electron chi connectivity index (χ0n) is 8.01. The van der Waals surface area contributed by atoms with E-state index in [1.807, 2.05) is 0 Å². The molecule has 0 radical (unpaired) electrons. The summed E-state index contributed by atoms with van der Waals surface area (Å²) in [5.41, 5.74) is 1.03. The summed E-state index contributed by atoms with van der Waals surface area (Å²) in [5.74, 6) is -0.264. The first-order valence-corrected chi connectivity index (χ1v) is 5.71. The van der Waals surface area contributed by atoms with Crippen LogP contribution in [0, 0.1) is 0 Å². The second-order valence-electron chi connectivity index (χ2n) is 2.93. The molecule has 15 heavy (non-hydrogen) atoms. The third kappa shape index (κ3) is 3.32. The van der Waals surface area contributed by atoms with Crippen LogP contribution in [0.2, 0.25) is 5.02 Å². The quantitative estimate of drug-likeness (QED) is 0.687. The number of amides is 1. The SMILES string of the molecule is CC(=O)Nc1ccc(C(=O)CBr)c(Cl)c1. The van der Waals surface area contributed by atoms with Crippen LogP contribution in [0.4, 0.5) is 5.69 Å². The third-order valence-corrected chi connectivity index (χ3v) is 2.53. The highest BCUT2D eigenvalue weighted by Gasteiger charge is 2.09. The monoisotopic (exact) mass is 289 g/mol. The van der Waals surface area contributed by atoms with Gasteiger partial charge in [-0.25, -0.2) is 0 Å². The molecule has 0 aliphatic rings. The summed E-state index contributed by atoms with van der Waals surface area (Å²) >= 11 is 8.96. The van der Waals surface area contributed by atoms with E-state index in [0.717, 1.165) is 0 Å². The molecule has 0 aliphatic heterocycles. The normalized spacial score (nSPS) is 9.80. The van der Waals surface area contributed by atoms with Gasteiger partial charge in [0.15, 0.2) is 5.78 Å². The van der Waals surface area contributed by atoms with Gasteiger partial charge in [0.1, 0.15) is 0 Å². The van der Waals surface area contributed by atoms with E-state index in [4.69, 9.17) is 11.6 Å². The minimum absolute atomic E-state index is 0.0885. The number of benzene rings is 1. The van der Waals surface area contributed by atoms with Crippen molar-refractivity contribution in [3.63, 3.8) is 0 Å². The topological polar surface area (TPSA) is 46.2 Å². The minimum atomic E-state index is -0.175. The Hall–Kier alpha value is -0.870. The molecule has 0 saturated carbocycles. The van der Waals surface area contributed by atoms with E-state index >= 15 is 0 Å². The summed E-state index contributed by atoms with van der Waals surface area (Å²) in [6.07, 6.45) is 0. The summed E-state index contributed by atoms with van der Waals surface area (Å²) in [7, 11) is 0. The Bertz CT molecular complexity index is 406. The molecule has 1 N–H and O–H groups in total. The molecule has 0 saturated heterocycles. The lowest BCUT2D eigenvalue weighted by molar-refractivity contribution is -0.114. The van der Waals surface area contributed by atoms with Crippen molar-refractivity contribution in [2.75, 3.05) is 10.6 Å². The molecule has 3 nitrogen and oxygen atoms in total. The van der Waals surface area contributed by atoms with Gasteiger partial charge in [-0.2, -0.15) is 0 Å². The number of anilines is 1. The average molecular weight is 291 g/mol. The predicted molar refractivity (Wildman–Crippen MR) is 63.9 cm³/mol. The number of ketones is 1. The van der Waals surface area contributed by atoms with E-state index < -0.39 is 0 Å². The molecule has 0 bridgehead atoms. The molecule has 0 spiro atoms. The highest BCUT2D eigenvalue weighted by atomic mass is 79.9. The Morgan fingerprint density at radius 1 is 1.47 bits per heavy atom. The molecule has 1 amide bonds. The van der Waals surface area contributed by atoms with Crippen molar-refractivity contribution >= 4 is 44.9 Å². The number of alkyl halides is 1. The number of carbonyl (C=O) groups is 2. The first-order valence-electron chi connectivity index (χ1n) is 4.21. The van der Waals surface area contributed by atoms with Crippen molar-refractivity contribution in [2.45, 2.75) is 6.92 Å². The minimum Gasteiger partial charge on any atom is -0.326 e. The Morgan fingerprint density at radius 3 is 2.60 bits per heavy atom. The fraction of sp³-hybridized carbons (Fsp3) is 0.200. The second-order valence-corrected chi connectivity index (χ2v) is 3.90. The Balaban J connectivity index is 2.97. The maximum atomic E-state index is 11.3. The maximum Gasteiger partial charge on any atom is 0.221 e. The van der Waals surface area contributed by atoms with Crippen LogP contribution in [-0.2, 0) is 4.79 Å². The average Bonchev–Trinajstić information content (AvgIpc) is 2.16. The maximum absolute atomic E-state index is 11.3. The Labute approximate surface area is 101 Å². The molecule has 0 atom stereocenters. The van der Waals surface area contributed by atoms with Gasteiger partial charge in [-0.05, 0) is 18.2 Å². The lowest BCUT2D eigenvalue weighted by Crippen LogP contribution is -2.07. The van der Waals surface area contributed by atoms with Gasteiger partial charge in [0.05, 0.1) is 10.4 Å². The number of rotatable bonds is 3. The predicted octanol–water partition coefficient (Wildman–Crippen LogP) is 2.88. The Kier molecular flexibility index (Phi) is 4.29. The summed E-state index contributed by atoms with van der Waals surface area (Å²) in [6, 6.07) is 4.79. The molecule has 1 rings (SSSR count). The number of carbonyl (C=O) groups excluding carboxylic acids is 2. The number of hydrogen-bond acceptors (Lipinski definition) is 2. The third-order valence-electron chi connectivity index (χ3n) is 1.71. The van der Waals surface area contributed by atoms with Crippen molar-refractivity contribution < 1.29 is 9.59 Å². The van der Waals surface area contributed by atoms with Crippen molar-refractivity contribution in [3.8, 4) is 0 Å². The molecule has 1 aromatic rings. The smallest absolute Gasteiger partial charge is 0.221 e. The number of nitrogens with one attached hydrogen (secondary N) is 1. The fourth-order valence-electron chi connectivity index (χ4n) is 1.09. The van der Waals surface area contributed by atoms with Gasteiger partial charge in [-0.1, -0.05) is 27.5 Å². The Morgan fingerprint density at radius 2 is 2.13 bits per heavy atom. The van der Waals surface area contributed by atoms with Crippen LogP contribution < -0.4 is 5.32 Å². The first kappa shape index (κ1) is 12.2. The lowest BCUT2D eigenvalue weighted by Gasteiger charge is -2.05. The highest BCUT2D eigenvalue weighted by Crippen LogP contribution is 2.21. The van der Waals surface area contributed by atoms with Crippen LogP contribution in [0.1, 0.15) is 17.3 Å². The van der Waals surface area contributed by atoms with Crippen molar-refractivity contribution in [3.05, 3.63) is 28.8 Å². The number of Topliss-reactive ketones (excluding diaryl/α,β-unsaturated/α-hetero) is 1.